The van der Waals surface area contributed by atoms with Crippen molar-refractivity contribution in [2.24, 2.45) is 0 Å². The number of aromatic amines is 1. The summed E-state index contributed by atoms with van der Waals surface area (Å²) in [5.41, 5.74) is 0.325. The van der Waals surface area contributed by atoms with Crippen LogP contribution in [0.2, 0.25) is 0 Å². The van der Waals surface area contributed by atoms with E-state index >= 15 is 0 Å². The van der Waals surface area contributed by atoms with Crippen LogP contribution in [0.4, 0.5) is 10.5 Å². The van der Waals surface area contributed by atoms with Crippen LogP contribution in [0.1, 0.15) is 38.1 Å². The van der Waals surface area contributed by atoms with Crippen molar-refractivity contribution < 1.29 is 23.8 Å². The van der Waals surface area contributed by atoms with E-state index in [2.05, 4.69) is 10.3 Å². The van der Waals surface area contributed by atoms with Gasteiger partial charge in [-0.15, -0.1) is 0 Å². The van der Waals surface area contributed by atoms with Gasteiger partial charge in [-0.25, -0.2) is 9.59 Å². The van der Waals surface area contributed by atoms with Crippen LogP contribution >= 0.6 is 0 Å². The smallest absolute Gasteiger partial charge is 0.412 e. The minimum absolute atomic E-state index is 0.120. The Hall–Kier alpha value is -3.29. The summed E-state index contributed by atoms with van der Waals surface area (Å²) >= 11 is 0. The number of anilines is 1. The summed E-state index contributed by atoms with van der Waals surface area (Å²) in [5, 5.41) is 2.64. The van der Waals surface area contributed by atoms with Crippen LogP contribution in [-0.4, -0.2) is 36.4 Å². The summed E-state index contributed by atoms with van der Waals surface area (Å²) < 4.78 is 15.5. The number of H-pyrrole nitrogens is 1. The maximum Gasteiger partial charge on any atom is 0.412 e. The lowest BCUT2D eigenvalue weighted by molar-refractivity contribution is 0.0519. The van der Waals surface area contributed by atoms with Gasteiger partial charge in [0.25, 0.3) is 5.56 Å². The largest absolute Gasteiger partial charge is 0.495 e. The second-order valence-corrected chi connectivity index (χ2v) is 6.86. The molecule has 1 aromatic carbocycles. The van der Waals surface area contributed by atoms with Gasteiger partial charge in [0, 0.05) is 17.4 Å². The molecule has 0 fully saturated rings. The summed E-state index contributed by atoms with van der Waals surface area (Å²) in [6, 6.07) is 6.79. The highest BCUT2D eigenvalue weighted by atomic mass is 16.6. The van der Waals surface area contributed by atoms with Gasteiger partial charge >= 0.3 is 12.1 Å². The third kappa shape index (κ3) is 5.12. The molecule has 1 amide bonds. The summed E-state index contributed by atoms with van der Waals surface area (Å²) in [6.45, 7) is 7.12. The fraction of sp³-hybridized carbons (Fsp3) is 0.350. The van der Waals surface area contributed by atoms with Gasteiger partial charge in [-0.05, 0) is 45.4 Å². The van der Waals surface area contributed by atoms with Crippen LogP contribution in [-0.2, 0) is 9.47 Å². The van der Waals surface area contributed by atoms with E-state index in [0.29, 0.717) is 16.8 Å². The molecule has 1 aromatic heterocycles. The van der Waals surface area contributed by atoms with E-state index in [1.165, 1.54) is 13.3 Å². The van der Waals surface area contributed by atoms with E-state index in [1.807, 2.05) is 0 Å². The first-order valence-electron chi connectivity index (χ1n) is 8.73. The highest BCUT2D eigenvalue weighted by Crippen LogP contribution is 2.32. The Bertz CT molecular complexity index is 910. The Labute approximate surface area is 162 Å². The average molecular weight is 388 g/mol. The maximum atomic E-state index is 12.1. The highest BCUT2D eigenvalue weighted by molar-refractivity contribution is 5.95. The molecule has 2 N–H and O–H groups in total. The van der Waals surface area contributed by atoms with Crippen molar-refractivity contribution in [3.05, 3.63) is 46.4 Å². The standard InChI is InChI=1S/C20H24N2O6/c1-6-27-18(24)15-16(26-5)14(11-21-17(15)23)12-7-9-13(10-8-12)22-19(25)28-20(2,3)4/h7-11H,6H2,1-5H3,(H,21,23)(H,22,25). The Morgan fingerprint density at radius 1 is 1.14 bits per heavy atom. The topological polar surface area (TPSA) is 107 Å². The molecule has 8 nitrogen and oxygen atoms in total. The fourth-order valence-corrected chi connectivity index (χ4v) is 2.48. The third-order valence-corrected chi connectivity index (χ3v) is 3.57. The molecular formula is C20H24N2O6. The molecule has 0 saturated carbocycles. The van der Waals surface area contributed by atoms with Crippen LogP contribution < -0.4 is 15.6 Å². The molecular weight excluding hydrogens is 364 g/mol. The monoisotopic (exact) mass is 388 g/mol. The number of carbonyl (C=O) groups is 2. The summed E-state index contributed by atoms with van der Waals surface area (Å²) in [5.74, 6) is -0.638. The van der Waals surface area contributed by atoms with Crippen LogP contribution in [0.15, 0.2) is 35.3 Å². The van der Waals surface area contributed by atoms with Crippen molar-refractivity contribution in [3.63, 3.8) is 0 Å². The second kappa shape index (κ2) is 8.60. The van der Waals surface area contributed by atoms with Crippen molar-refractivity contribution in [3.8, 4) is 16.9 Å². The molecule has 0 atom stereocenters. The highest BCUT2D eigenvalue weighted by Gasteiger charge is 2.22. The number of carbonyl (C=O) groups excluding carboxylic acids is 2. The number of benzene rings is 1. The van der Waals surface area contributed by atoms with Gasteiger partial charge in [0.2, 0.25) is 0 Å². The molecule has 0 spiro atoms. The number of esters is 1. The molecule has 0 radical (unpaired) electrons. The van der Waals surface area contributed by atoms with Crippen LogP contribution in [0, 0.1) is 0 Å². The molecule has 1 heterocycles. The van der Waals surface area contributed by atoms with Crippen molar-refractivity contribution in [1.29, 1.82) is 0 Å². The fourth-order valence-electron chi connectivity index (χ4n) is 2.48. The molecule has 28 heavy (non-hydrogen) atoms. The normalized spacial score (nSPS) is 10.9. The van der Waals surface area contributed by atoms with Crippen molar-refractivity contribution in [2.45, 2.75) is 33.3 Å². The molecule has 0 aliphatic carbocycles. The van der Waals surface area contributed by atoms with Crippen LogP contribution in [0.3, 0.4) is 0 Å². The maximum absolute atomic E-state index is 12.1. The molecule has 0 aliphatic rings. The predicted molar refractivity (Wildman–Crippen MR) is 105 cm³/mol. The van der Waals surface area contributed by atoms with Gasteiger partial charge in [-0.3, -0.25) is 10.1 Å². The molecule has 0 aliphatic heterocycles. The van der Waals surface area contributed by atoms with Gasteiger partial charge in [0.05, 0.1) is 13.7 Å². The number of ether oxygens (including phenoxy) is 3. The number of pyridine rings is 1. The number of methoxy groups -OCH3 is 1. The SMILES string of the molecule is CCOC(=O)c1c(OC)c(-c2ccc(NC(=O)OC(C)(C)C)cc2)c[nH]c1=O. The molecule has 0 saturated heterocycles. The van der Waals surface area contributed by atoms with Crippen molar-refractivity contribution in [2.75, 3.05) is 19.0 Å². The van der Waals surface area contributed by atoms with Crippen molar-refractivity contribution >= 4 is 17.7 Å². The van der Waals surface area contributed by atoms with Gasteiger partial charge in [0.15, 0.2) is 5.56 Å². The van der Waals surface area contributed by atoms with E-state index in [4.69, 9.17) is 14.2 Å². The lowest BCUT2D eigenvalue weighted by Gasteiger charge is -2.19. The Kier molecular flexibility index (Phi) is 6.45. The van der Waals surface area contributed by atoms with Crippen LogP contribution in [0.25, 0.3) is 11.1 Å². The van der Waals surface area contributed by atoms with Crippen molar-refractivity contribution in [1.82, 2.24) is 4.98 Å². The lowest BCUT2D eigenvalue weighted by atomic mass is 10.0. The lowest BCUT2D eigenvalue weighted by Crippen LogP contribution is -2.27. The quantitative estimate of drug-likeness (QED) is 0.759. The van der Waals surface area contributed by atoms with E-state index < -0.39 is 23.2 Å². The van der Waals surface area contributed by atoms with E-state index in [0.717, 1.165) is 0 Å². The molecule has 2 rings (SSSR count). The first kappa shape index (κ1) is 21.0. The number of amides is 1. The number of nitrogens with one attached hydrogen (secondary N) is 2. The Balaban J connectivity index is 2.33. The first-order chi connectivity index (χ1) is 13.2. The van der Waals surface area contributed by atoms with Gasteiger partial charge in [-0.2, -0.15) is 0 Å². The number of aromatic nitrogens is 1. The minimum atomic E-state index is -0.759. The zero-order chi connectivity index (χ0) is 20.9. The number of hydrogen-bond acceptors (Lipinski definition) is 6. The van der Waals surface area contributed by atoms with Crippen LogP contribution in [0.5, 0.6) is 5.75 Å². The van der Waals surface area contributed by atoms with E-state index in [9.17, 15) is 14.4 Å². The second-order valence-electron chi connectivity index (χ2n) is 6.86. The van der Waals surface area contributed by atoms with Gasteiger partial charge in [0.1, 0.15) is 11.4 Å². The third-order valence-electron chi connectivity index (χ3n) is 3.57. The summed E-state index contributed by atoms with van der Waals surface area (Å²) in [4.78, 5) is 38.6. The first-order valence-corrected chi connectivity index (χ1v) is 8.73. The zero-order valence-corrected chi connectivity index (χ0v) is 16.5. The summed E-state index contributed by atoms with van der Waals surface area (Å²) in [6.07, 6.45) is 0.895. The zero-order valence-electron chi connectivity index (χ0n) is 16.5. The van der Waals surface area contributed by atoms with Gasteiger partial charge in [-0.1, -0.05) is 12.1 Å². The molecule has 2 aromatic rings. The molecule has 0 bridgehead atoms. The van der Waals surface area contributed by atoms with E-state index in [1.54, 1.807) is 52.0 Å². The molecule has 150 valence electrons. The molecule has 0 unspecified atom stereocenters. The van der Waals surface area contributed by atoms with E-state index in [-0.39, 0.29) is 17.9 Å². The summed E-state index contributed by atoms with van der Waals surface area (Å²) in [7, 11) is 1.37. The number of rotatable bonds is 5. The Morgan fingerprint density at radius 2 is 1.79 bits per heavy atom. The minimum Gasteiger partial charge on any atom is -0.495 e. The average Bonchev–Trinajstić information content (AvgIpc) is 2.60. The Morgan fingerprint density at radius 3 is 2.32 bits per heavy atom. The molecule has 8 heteroatoms. The predicted octanol–water partition coefficient (Wildman–Crippen LogP) is 3.57. The van der Waals surface area contributed by atoms with Gasteiger partial charge < -0.3 is 19.2 Å². The number of hydrogen-bond donors (Lipinski definition) is 2.